The number of amides is 2. The highest BCUT2D eigenvalue weighted by Crippen LogP contribution is 2.08. The fourth-order valence-corrected chi connectivity index (χ4v) is 1.55. The Morgan fingerprint density at radius 2 is 2.43 bits per heavy atom. The second-order valence-corrected chi connectivity index (χ2v) is 3.64. The summed E-state index contributed by atoms with van der Waals surface area (Å²) in [5, 5.41) is 2.69. The lowest BCUT2D eigenvalue weighted by molar-refractivity contribution is -0.127. The quantitative estimate of drug-likeness (QED) is 0.574. The minimum atomic E-state index is -0.0329. The zero-order chi connectivity index (χ0) is 10.6. The van der Waals surface area contributed by atoms with Crippen molar-refractivity contribution in [1.82, 2.24) is 10.2 Å². The smallest absolute Gasteiger partial charge is 0.224 e. The third kappa shape index (κ3) is 3.33. The summed E-state index contributed by atoms with van der Waals surface area (Å²) in [6.45, 7) is 3.44. The van der Waals surface area contributed by atoms with Crippen LogP contribution in [0.3, 0.4) is 0 Å². The van der Waals surface area contributed by atoms with Crippen molar-refractivity contribution in [1.29, 1.82) is 0 Å². The number of rotatable bonds is 4. The first kappa shape index (κ1) is 11.0. The van der Waals surface area contributed by atoms with Crippen LogP contribution >= 0.6 is 0 Å². The van der Waals surface area contributed by atoms with Crippen LogP contribution in [-0.4, -0.2) is 42.4 Å². The molecule has 14 heavy (non-hydrogen) atoms. The van der Waals surface area contributed by atoms with Gasteiger partial charge in [-0.3, -0.25) is 9.59 Å². The minimum absolute atomic E-state index is 0.0109. The first-order valence-electron chi connectivity index (χ1n) is 4.87. The van der Waals surface area contributed by atoms with Crippen molar-refractivity contribution in [3.8, 4) is 0 Å². The summed E-state index contributed by atoms with van der Waals surface area (Å²) in [6, 6.07) is -0.0109. The van der Waals surface area contributed by atoms with E-state index in [1.165, 1.54) is 6.92 Å². The summed E-state index contributed by atoms with van der Waals surface area (Å²) in [6.07, 6.45) is 1.25. The van der Waals surface area contributed by atoms with Crippen LogP contribution in [0.1, 0.15) is 19.8 Å². The number of carbonyl (C=O) groups is 2. The summed E-state index contributed by atoms with van der Waals surface area (Å²) < 4.78 is 0. The SMILES string of the molecule is CC(=O)NCCCN1CC(N)CC1=O. The maximum absolute atomic E-state index is 11.3. The van der Waals surface area contributed by atoms with E-state index in [2.05, 4.69) is 5.32 Å². The van der Waals surface area contributed by atoms with Crippen molar-refractivity contribution < 1.29 is 9.59 Å². The molecule has 1 heterocycles. The molecule has 0 aromatic carbocycles. The number of nitrogens with zero attached hydrogens (tertiary/aromatic N) is 1. The fraction of sp³-hybridized carbons (Fsp3) is 0.778. The summed E-state index contributed by atoms with van der Waals surface area (Å²) in [5.41, 5.74) is 5.64. The molecular weight excluding hydrogens is 182 g/mol. The molecule has 0 aromatic heterocycles. The first-order chi connectivity index (χ1) is 6.59. The van der Waals surface area contributed by atoms with Crippen LogP contribution in [0.15, 0.2) is 0 Å². The van der Waals surface area contributed by atoms with E-state index in [4.69, 9.17) is 5.73 Å². The van der Waals surface area contributed by atoms with Gasteiger partial charge in [0, 0.05) is 39.0 Å². The van der Waals surface area contributed by atoms with E-state index in [1.807, 2.05) is 0 Å². The minimum Gasteiger partial charge on any atom is -0.356 e. The number of likely N-dealkylation sites (tertiary alicyclic amines) is 1. The maximum atomic E-state index is 11.3. The van der Waals surface area contributed by atoms with Gasteiger partial charge in [0.2, 0.25) is 11.8 Å². The normalized spacial score (nSPS) is 21.4. The molecule has 1 aliphatic heterocycles. The standard InChI is InChI=1S/C9H17N3O2/c1-7(13)11-3-2-4-12-6-8(10)5-9(12)14/h8H,2-6,10H2,1H3,(H,11,13). The van der Waals surface area contributed by atoms with Crippen molar-refractivity contribution in [2.75, 3.05) is 19.6 Å². The molecule has 0 bridgehead atoms. The number of hydrogen-bond donors (Lipinski definition) is 2. The average molecular weight is 199 g/mol. The van der Waals surface area contributed by atoms with Crippen molar-refractivity contribution in [3.05, 3.63) is 0 Å². The number of nitrogens with one attached hydrogen (secondary N) is 1. The van der Waals surface area contributed by atoms with Gasteiger partial charge in [-0.2, -0.15) is 0 Å². The second kappa shape index (κ2) is 4.95. The van der Waals surface area contributed by atoms with Crippen LogP contribution < -0.4 is 11.1 Å². The summed E-state index contributed by atoms with van der Waals surface area (Å²) in [5.74, 6) is 0.0924. The molecule has 1 fully saturated rings. The lowest BCUT2D eigenvalue weighted by atomic mass is 10.3. The molecule has 0 aliphatic carbocycles. The molecule has 1 atom stereocenters. The van der Waals surface area contributed by atoms with Gasteiger partial charge in [-0.25, -0.2) is 0 Å². The van der Waals surface area contributed by atoms with E-state index in [0.29, 0.717) is 26.1 Å². The third-order valence-electron chi connectivity index (χ3n) is 2.22. The molecule has 0 spiro atoms. The Hall–Kier alpha value is -1.10. The molecule has 5 heteroatoms. The van der Waals surface area contributed by atoms with Gasteiger partial charge < -0.3 is 16.0 Å². The van der Waals surface area contributed by atoms with Gasteiger partial charge in [0.25, 0.3) is 0 Å². The van der Waals surface area contributed by atoms with Crippen LogP contribution in [0.5, 0.6) is 0 Å². The van der Waals surface area contributed by atoms with E-state index in [1.54, 1.807) is 4.90 Å². The Bertz CT molecular complexity index is 230. The van der Waals surface area contributed by atoms with Crippen LogP contribution in [-0.2, 0) is 9.59 Å². The molecule has 5 nitrogen and oxygen atoms in total. The van der Waals surface area contributed by atoms with Crippen LogP contribution in [0.25, 0.3) is 0 Å². The Morgan fingerprint density at radius 3 is 2.93 bits per heavy atom. The fourth-order valence-electron chi connectivity index (χ4n) is 1.55. The maximum Gasteiger partial charge on any atom is 0.224 e. The van der Waals surface area contributed by atoms with Gasteiger partial charge in [0.05, 0.1) is 0 Å². The van der Waals surface area contributed by atoms with Gasteiger partial charge in [0.1, 0.15) is 0 Å². The molecule has 80 valence electrons. The van der Waals surface area contributed by atoms with Crippen LogP contribution in [0.4, 0.5) is 0 Å². The highest BCUT2D eigenvalue weighted by molar-refractivity contribution is 5.79. The molecule has 0 saturated carbocycles. The van der Waals surface area contributed by atoms with E-state index < -0.39 is 0 Å². The van der Waals surface area contributed by atoms with Crippen molar-refractivity contribution in [3.63, 3.8) is 0 Å². The Kier molecular flexibility index (Phi) is 3.88. The zero-order valence-electron chi connectivity index (χ0n) is 8.45. The molecule has 0 aromatic rings. The zero-order valence-corrected chi connectivity index (χ0v) is 8.45. The summed E-state index contributed by atoms with van der Waals surface area (Å²) >= 11 is 0. The highest BCUT2D eigenvalue weighted by Gasteiger charge is 2.25. The molecule has 2 amide bonds. The molecule has 1 unspecified atom stereocenters. The van der Waals surface area contributed by atoms with Crippen LogP contribution in [0.2, 0.25) is 0 Å². The third-order valence-corrected chi connectivity index (χ3v) is 2.22. The van der Waals surface area contributed by atoms with E-state index in [9.17, 15) is 9.59 Å². The Morgan fingerprint density at radius 1 is 1.71 bits per heavy atom. The van der Waals surface area contributed by atoms with Crippen molar-refractivity contribution >= 4 is 11.8 Å². The molecule has 1 rings (SSSR count). The predicted octanol–water partition coefficient (Wildman–Crippen LogP) is -0.928. The van der Waals surface area contributed by atoms with E-state index in [0.717, 1.165) is 6.42 Å². The van der Waals surface area contributed by atoms with Gasteiger partial charge in [0.15, 0.2) is 0 Å². The summed E-state index contributed by atoms with van der Waals surface area (Å²) in [7, 11) is 0. The lowest BCUT2D eigenvalue weighted by Gasteiger charge is -2.15. The van der Waals surface area contributed by atoms with Gasteiger partial charge in [-0.05, 0) is 6.42 Å². The molecule has 1 aliphatic rings. The monoisotopic (exact) mass is 199 g/mol. The molecule has 0 radical (unpaired) electrons. The van der Waals surface area contributed by atoms with Gasteiger partial charge in [-0.15, -0.1) is 0 Å². The molecular formula is C9H17N3O2. The van der Waals surface area contributed by atoms with Crippen molar-refractivity contribution in [2.45, 2.75) is 25.8 Å². The molecule has 3 N–H and O–H groups in total. The predicted molar refractivity (Wildman–Crippen MR) is 52.5 cm³/mol. The highest BCUT2D eigenvalue weighted by atomic mass is 16.2. The van der Waals surface area contributed by atoms with Crippen molar-refractivity contribution in [2.24, 2.45) is 5.73 Å². The second-order valence-electron chi connectivity index (χ2n) is 3.64. The topological polar surface area (TPSA) is 75.4 Å². The average Bonchev–Trinajstić information content (AvgIpc) is 2.39. The van der Waals surface area contributed by atoms with E-state index in [-0.39, 0.29) is 17.9 Å². The lowest BCUT2D eigenvalue weighted by Crippen LogP contribution is -2.31. The first-order valence-corrected chi connectivity index (χ1v) is 4.87. The van der Waals surface area contributed by atoms with E-state index >= 15 is 0 Å². The van der Waals surface area contributed by atoms with Crippen LogP contribution in [0, 0.1) is 0 Å². The Balaban J connectivity index is 2.13. The van der Waals surface area contributed by atoms with Gasteiger partial charge in [-0.1, -0.05) is 0 Å². The Labute approximate surface area is 83.6 Å². The number of nitrogens with two attached hydrogens (primary N) is 1. The largest absolute Gasteiger partial charge is 0.356 e. The number of carbonyl (C=O) groups excluding carboxylic acids is 2. The number of hydrogen-bond acceptors (Lipinski definition) is 3. The van der Waals surface area contributed by atoms with Gasteiger partial charge >= 0.3 is 0 Å². The molecule has 1 saturated heterocycles. The summed E-state index contributed by atoms with van der Waals surface area (Å²) in [4.78, 5) is 23.6.